The van der Waals surface area contributed by atoms with Gasteiger partial charge in [0, 0.05) is 45.7 Å². The Morgan fingerprint density at radius 2 is 1.56 bits per heavy atom. The highest BCUT2D eigenvalue weighted by atomic mass is 32.2. The van der Waals surface area contributed by atoms with E-state index in [1.54, 1.807) is 6.07 Å². The number of rotatable bonds is 8. The smallest absolute Gasteiger partial charge is 0.475 e. The molecule has 0 aliphatic carbocycles. The van der Waals surface area contributed by atoms with Crippen molar-refractivity contribution in [1.29, 1.82) is 0 Å². The van der Waals surface area contributed by atoms with Gasteiger partial charge in [-0.15, -0.1) is 0 Å². The van der Waals surface area contributed by atoms with Crippen LogP contribution in [0.5, 0.6) is 0 Å². The topological polar surface area (TPSA) is 107 Å². The van der Waals surface area contributed by atoms with Crippen LogP contribution in [-0.2, 0) is 19.6 Å². The van der Waals surface area contributed by atoms with Gasteiger partial charge in [0.15, 0.2) is 0 Å². The Morgan fingerprint density at radius 3 is 2.10 bits per heavy atom. The Morgan fingerprint density at radius 1 is 1.03 bits per heavy atom. The summed E-state index contributed by atoms with van der Waals surface area (Å²) in [5.74, 6) is -2.74. The molecule has 1 fully saturated rings. The van der Waals surface area contributed by atoms with Gasteiger partial charge in [-0.25, -0.2) is 13.2 Å². The number of alkyl halides is 3. The summed E-state index contributed by atoms with van der Waals surface area (Å²) in [4.78, 5) is 23.8. The SMILES string of the molecule is Cc1cc(C)c(S(=O)(=O)N(CCC(=O)N2CCNCC2)CC(C)c2ccccc2)cc1C.O=C(O)C(F)(F)F. The molecule has 0 radical (unpaired) electrons. The number of benzene rings is 2. The number of aliphatic carboxylic acids is 1. The van der Waals surface area contributed by atoms with E-state index in [0.717, 1.165) is 35.3 Å². The van der Waals surface area contributed by atoms with Crippen molar-refractivity contribution in [2.24, 2.45) is 0 Å². The van der Waals surface area contributed by atoms with Crippen LogP contribution in [-0.4, -0.2) is 80.1 Å². The van der Waals surface area contributed by atoms with E-state index < -0.39 is 22.2 Å². The van der Waals surface area contributed by atoms with Crippen molar-refractivity contribution in [3.05, 3.63) is 64.7 Å². The van der Waals surface area contributed by atoms with E-state index in [0.29, 0.717) is 24.5 Å². The summed E-state index contributed by atoms with van der Waals surface area (Å²) in [6.45, 7) is 11.2. The molecule has 0 bridgehead atoms. The van der Waals surface area contributed by atoms with Gasteiger partial charge in [-0.3, -0.25) is 4.79 Å². The van der Waals surface area contributed by atoms with Crippen LogP contribution in [0.3, 0.4) is 0 Å². The number of nitrogens with one attached hydrogen (secondary N) is 1. The molecule has 12 heteroatoms. The number of hydrogen-bond donors (Lipinski definition) is 2. The predicted molar refractivity (Wildman–Crippen MR) is 142 cm³/mol. The maximum absolute atomic E-state index is 13.8. The van der Waals surface area contributed by atoms with Gasteiger partial charge in [-0.1, -0.05) is 43.3 Å². The molecule has 0 spiro atoms. The summed E-state index contributed by atoms with van der Waals surface area (Å²) in [6.07, 6.45) is -4.90. The molecule has 0 aromatic heterocycles. The van der Waals surface area contributed by atoms with E-state index in [-0.39, 0.29) is 24.8 Å². The molecule has 1 amide bonds. The third kappa shape index (κ3) is 9.33. The third-order valence-corrected chi connectivity index (χ3v) is 8.55. The number of amides is 1. The number of sulfonamides is 1. The first-order chi connectivity index (χ1) is 18.1. The van der Waals surface area contributed by atoms with Gasteiger partial charge >= 0.3 is 12.1 Å². The fourth-order valence-corrected chi connectivity index (χ4v) is 5.97. The summed E-state index contributed by atoms with van der Waals surface area (Å²) >= 11 is 0. The number of halogens is 3. The second-order valence-corrected chi connectivity index (χ2v) is 11.5. The van der Waals surface area contributed by atoms with Gasteiger partial charge in [0.05, 0.1) is 4.90 Å². The molecule has 8 nitrogen and oxygen atoms in total. The summed E-state index contributed by atoms with van der Waals surface area (Å²) < 4.78 is 60.8. The van der Waals surface area contributed by atoms with Crippen LogP contribution in [0, 0.1) is 20.8 Å². The molecule has 1 atom stereocenters. The number of carbonyl (C=O) groups is 2. The number of piperazine rings is 1. The van der Waals surface area contributed by atoms with Gasteiger partial charge in [0.25, 0.3) is 0 Å². The van der Waals surface area contributed by atoms with Gasteiger partial charge in [-0.05, 0) is 55.0 Å². The zero-order valence-electron chi connectivity index (χ0n) is 22.6. The van der Waals surface area contributed by atoms with Crippen LogP contribution in [0.2, 0.25) is 0 Å². The quantitative estimate of drug-likeness (QED) is 0.499. The molecular formula is C27H36F3N3O5S. The average Bonchev–Trinajstić information content (AvgIpc) is 2.89. The molecule has 1 aliphatic heterocycles. The molecule has 1 saturated heterocycles. The number of carbonyl (C=O) groups excluding carboxylic acids is 1. The highest BCUT2D eigenvalue weighted by Gasteiger charge is 2.38. The Hall–Kier alpha value is -2.96. The number of carboxylic acid groups (broad SMARTS) is 1. The lowest BCUT2D eigenvalue weighted by atomic mass is 10.0. The lowest BCUT2D eigenvalue weighted by Crippen LogP contribution is -2.47. The van der Waals surface area contributed by atoms with Gasteiger partial charge < -0.3 is 15.3 Å². The summed E-state index contributed by atoms with van der Waals surface area (Å²) in [5, 5.41) is 10.4. The molecule has 1 heterocycles. The van der Waals surface area contributed by atoms with Crippen molar-refractivity contribution >= 4 is 21.9 Å². The average molecular weight is 572 g/mol. The van der Waals surface area contributed by atoms with Crippen LogP contribution < -0.4 is 5.32 Å². The zero-order chi connectivity index (χ0) is 29.4. The molecule has 1 aliphatic rings. The number of hydrogen-bond acceptors (Lipinski definition) is 5. The summed E-state index contributed by atoms with van der Waals surface area (Å²) in [7, 11) is -3.75. The van der Waals surface area contributed by atoms with Crippen LogP contribution in [0.1, 0.15) is 41.5 Å². The molecule has 1 unspecified atom stereocenters. The first-order valence-electron chi connectivity index (χ1n) is 12.6. The summed E-state index contributed by atoms with van der Waals surface area (Å²) in [5.41, 5.74) is 3.83. The van der Waals surface area contributed by atoms with E-state index >= 15 is 0 Å². The van der Waals surface area contributed by atoms with E-state index in [2.05, 4.69) is 5.32 Å². The van der Waals surface area contributed by atoms with Crippen molar-refractivity contribution < 1.29 is 36.3 Å². The van der Waals surface area contributed by atoms with E-state index in [1.165, 1.54) is 4.31 Å². The van der Waals surface area contributed by atoms with Crippen molar-refractivity contribution in [1.82, 2.24) is 14.5 Å². The normalized spacial score (nSPS) is 14.9. The highest BCUT2D eigenvalue weighted by molar-refractivity contribution is 7.89. The van der Waals surface area contributed by atoms with Gasteiger partial charge in [-0.2, -0.15) is 17.5 Å². The van der Waals surface area contributed by atoms with E-state index in [9.17, 15) is 26.4 Å². The molecule has 2 N–H and O–H groups in total. The molecular weight excluding hydrogens is 535 g/mol. The Kier molecular flexibility index (Phi) is 11.5. The molecule has 2 aromatic carbocycles. The molecule has 39 heavy (non-hydrogen) atoms. The minimum Gasteiger partial charge on any atom is -0.475 e. The summed E-state index contributed by atoms with van der Waals surface area (Å²) in [6, 6.07) is 13.6. The lowest BCUT2D eigenvalue weighted by molar-refractivity contribution is -0.192. The standard InChI is InChI=1S/C25H35N3O3S.C2HF3O2/c1-19-16-21(3)24(17-20(19)2)32(30,31)28(18-22(4)23-8-6-5-7-9-23)13-10-25(29)27-14-11-26-12-15-27;3-2(4,5)1(6)7/h5-9,16-17,22,26H,10-15,18H2,1-4H3;(H,6,7). The third-order valence-electron chi connectivity index (χ3n) is 6.54. The first-order valence-corrected chi connectivity index (χ1v) is 14.0. The van der Waals surface area contributed by atoms with Crippen LogP contribution in [0.4, 0.5) is 13.2 Å². The van der Waals surface area contributed by atoms with Crippen LogP contribution >= 0.6 is 0 Å². The minimum absolute atomic E-state index is 0.00659. The minimum atomic E-state index is -5.08. The first kappa shape index (κ1) is 32.3. The Bertz CT molecular complexity index is 1230. The lowest BCUT2D eigenvalue weighted by Gasteiger charge is -2.30. The monoisotopic (exact) mass is 571 g/mol. The van der Waals surface area contributed by atoms with Crippen LogP contribution in [0.25, 0.3) is 0 Å². The molecule has 3 rings (SSSR count). The predicted octanol–water partition coefficient (Wildman–Crippen LogP) is 3.86. The maximum Gasteiger partial charge on any atom is 0.490 e. The largest absolute Gasteiger partial charge is 0.490 e. The zero-order valence-corrected chi connectivity index (χ0v) is 23.4. The van der Waals surface area contributed by atoms with E-state index in [1.807, 2.05) is 69.0 Å². The fourth-order valence-electron chi connectivity index (χ4n) is 4.15. The van der Waals surface area contributed by atoms with Crippen molar-refractivity contribution in [2.45, 2.75) is 51.1 Å². The molecule has 216 valence electrons. The Labute approximate surface area is 227 Å². The Balaban J connectivity index is 0.000000673. The molecule has 0 saturated carbocycles. The van der Waals surface area contributed by atoms with Gasteiger partial charge in [0.1, 0.15) is 0 Å². The highest BCUT2D eigenvalue weighted by Crippen LogP contribution is 2.26. The second-order valence-electron chi connectivity index (χ2n) is 9.56. The number of carboxylic acids is 1. The van der Waals surface area contributed by atoms with Crippen molar-refractivity contribution in [2.75, 3.05) is 39.3 Å². The number of aryl methyl sites for hydroxylation is 3. The van der Waals surface area contributed by atoms with Crippen molar-refractivity contribution in [3.8, 4) is 0 Å². The fraction of sp³-hybridized carbons (Fsp3) is 0.481. The van der Waals surface area contributed by atoms with Gasteiger partial charge in [0.2, 0.25) is 15.9 Å². The maximum atomic E-state index is 13.8. The second kappa shape index (κ2) is 13.9. The van der Waals surface area contributed by atoms with Crippen molar-refractivity contribution in [3.63, 3.8) is 0 Å². The van der Waals surface area contributed by atoms with Crippen LogP contribution in [0.15, 0.2) is 47.4 Å². The number of nitrogens with zero attached hydrogens (tertiary/aromatic N) is 2. The van der Waals surface area contributed by atoms with E-state index in [4.69, 9.17) is 9.90 Å². The molecule has 2 aromatic rings.